The van der Waals surface area contributed by atoms with Crippen molar-refractivity contribution in [2.45, 2.75) is 0 Å². The fourth-order valence-corrected chi connectivity index (χ4v) is 6.80. The molecule has 2 amide bonds. The number of carbonyl (C=O) groups is 2. The molecule has 4 aromatic carbocycles. The molecule has 5 nitrogen and oxygen atoms in total. The molecule has 2 bridgehead atoms. The highest BCUT2D eigenvalue weighted by atomic mass is 16.5. The predicted molar refractivity (Wildman–Crippen MR) is 159 cm³/mol. The summed E-state index contributed by atoms with van der Waals surface area (Å²) >= 11 is 0. The minimum Gasteiger partial charge on any atom is -0.497 e. The molecule has 0 unspecified atom stereocenters. The van der Waals surface area contributed by atoms with Gasteiger partial charge in [-0.05, 0) is 69.8 Å². The van der Waals surface area contributed by atoms with E-state index in [0.29, 0.717) is 5.69 Å². The number of allylic oxidation sites excluding steroid dienone is 3. The van der Waals surface area contributed by atoms with Gasteiger partial charge in [-0.25, -0.2) is 4.90 Å². The van der Waals surface area contributed by atoms with E-state index in [1.807, 2.05) is 103 Å². The summed E-state index contributed by atoms with van der Waals surface area (Å²) in [5.41, 5.74) is 7.02. The van der Waals surface area contributed by atoms with Gasteiger partial charge in [0.05, 0.1) is 31.7 Å². The Labute approximate surface area is 239 Å². The molecule has 0 N–H and O–H groups in total. The zero-order valence-electron chi connectivity index (χ0n) is 22.9. The Morgan fingerprint density at radius 1 is 0.585 bits per heavy atom. The Morgan fingerprint density at radius 2 is 1.05 bits per heavy atom. The van der Waals surface area contributed by atoms with Gasteiger partial charge in [-0.3, -0.25) is 9.59 Å². The smallest absolute Gasteiger partial charge is 0.238 e. The second-order valence-corrected chi connectivity index (χ2v) is 10.7. The zero-order valence-corrected chi connectivity index (χ0v) is 22.9. The first-order valence-corrected chi connectivity index (χ1v) is 13.8. The minimum absolute atomic E-state index is 0.120. The number of fused-ring (bicyclic) bond motifs is 5. The van der Waals surface area contributed by atoms with Gasteiger partial charge in [0.15, 0.2) is 0 Å². The Bertz CT molecular complexity index is 1600. The standard InChI is InChI=1S/C36H29NO4/c1-40-27-16-10-24(11-17-27)31(25-12-18-28(41-2)19-13-25)32-29-20-21-30(32)34-33(29)35(38)37(36(34)39)26-14-8-23(9-15-26)22-6-4-3-5-7-22/h3-21,29-30,33-34H,1-2H3/t29-,30-,33+,34+/m1/s1. The van der Waals surface area contributed by atoms with E-state index >= 15 is 0 Å². The lowest BCUT2D eigenvalue weighted by Gasteiger charge is -2.22. The van der Waals surface area contributed by atoms with Crippen LogP contribution in [0.2, 0.25) is 0 Å². The number of amides is 2. The van der Waals surface area contributed by atoms with Crippen molar-refractivity contribution in [3.63, 3.8) is 0 Å². The van der Waals surface area contributed by atoms with Gasteiger partial charge in [0.25, 0.3) is 0 Å². The first-order valence-electron chi connectivity index (χ1n) is 13.8. The molecule has 2 fully saturated rings. The van der Waals surface area contributed by atoms with Crippen LogP contribution in [-0.4, -0.2) is 26.0 Å². The summed E-state index contributed by atoms with van der Waals surface area (Å²) < 4.78 is 10.8. The predicted octanol–water partition coefficient (Wildman–Crippen LogP) is 6.79. The average molecular weight is 540 g/mol. The Balaban J connectivity index is 1.27. The monoisotopic (exact) mass is 539 g/mol. The number of benzene rings is 4. The Hall–Kier alpha value is -4.90. The highest BCUT2D eigenvalue weighted by Gasteiger charge is 2.62. The van der Waals surface area contributed by atoms with Crippen molar-refractivity contribution in [1.29, 1.82) is 0 Å². The lowest BCUT2D eigenvalue weighted by molar-refractivity contribution is -0.122. The van der Waals surface area contributed by atoms with Gasteiger partial charge in [-0.15, -0.1) is 0 Å². The number of hydrogen-bond acceptors (Lipinski definition) is 4. The lowest BCUT2D eigenvalue weighted by atomic mass is 9.85. The first-order chi connectivity index (χ1) is 20.1. The number of nitrogens with zero attached hydrogens (tertiary/aromatic N) is 1. The minimum atomic E-state index is -0.409. The molecule has 1 aliphatic heterocycles. The number of hydrogen-bond donors (Lipinski definition) is 0. The number of rotatable bonds is 6. The van der Waals surface area contributed by atoms with E-state index in [1.165, 1.54) is 4.90 Å². The average Bonchev–Trinajstić information content (AvgIpc) is 3.67. The summed E-state index contributed by atoms with van der Waals surface area (Å²) in [6.45, 7) is 0. The van der Waals surface area contributed by atoms with Crippen LogP contribution in [0, 0.1) is 23.7 Å². The van der Waals surface area contributed by atoms with Gasteiger partial charge in [-0.1, -0.05) is 78.9 Å². The fraction of sp³-hybridized carbons (Fsp3) is 0.167. The largest absolute Gasteiger partial charge is 0.497 e. The van der Waals surface area contributed by atoms with Crippen molar-refractivity contribution in [2.24, 2.45) is 23.7 Å². The molecule has 4 aromatic rings. The maximum atomic E-state index is 14.0. The van der Waals surface area contributed by atoms with Crippen LogP contribution in [0.15, 0.2) is 121 Å². The highest BCUT2D eigenvalue weighted by Crippen LogP contribution is 2.59. The van der Waals surface area contributed by atoms with E-state index in [0.717, 1.165) is 44.9 Å². The van der Waals surface area contributed by atoms with Crippen LogP contribution in [0.25, 0.3) is 16.7 Å². The SMILES string of the molecule is COc1ccc(C(=C2[C@H]3C=C[C@H]2[C@@H]2C(=O)N(c4ccc(-c5ccccc5)cc4)C(=O)[C@H]23)c2ccc(OC)cc2)cc1. The van der Waals surface area contributed by atoms with E-state index in [1.54, 1.807) is 14.2 Å². The van der Waals surface area contributed by atoms with Gasteiger partial charge in [0, 0.05) is 11.8 Å². The van der Waals surface area contributed by atoms with Gasteiger partial charge >= 0.3 is 0 Å². The van der Waals surface area contributed by atoms with E-state index in [9.17, 15) is 9.59 Å². The Kier molecular flexibility index (Phi) is 6.08. The van der Waals surface area contributed by atoms with Gasteiger partial charge in [0.1, 0.15) is 11.5 Å². The third-order valence-corrected chi connectivity index (χ3v) is 8.69. The second kappa shape index (κ2) is 9.93. The normalized spacial score (nSPS) is 22.3. The molecule has 0 spiro atoms. The highest BCUT2D eigenvalue weighted by molar-refractivity contribution is 6.23. The molecule has 4 atom stereocenters. The van der Waals surface area contributed by atoms with Crippen molar-refractivity contribution >= 4 is 23.1 Å². The van der Waals surface area contributed by atoms with Crippen molar-refractivity contribution < 1.29 is 19.1 Å². The molecule has 1 saturated carbocycles. The van der Waals surface area contributed by atoms with Crippen LogP contribution in [0.5, 0.6) is 11.5 Å². The fourth-order valence-electron chi connectivity index (χ4n) is 6.80. The molecule has 5 heteroatoms. The lowest BCUT2D eigenvalue weighted by Crippen LogP contribution is -2.33. The molecule has 7 rings (SSSR count). The molecule has 1 saturated heterocycles. The maximum Gasteiger partial charge on any atom is 0.238 e. The summed E-state index contributed by atoms with van der Waals surface area (Å²) in [6.07, 6.45) is 4.25. The van der Waals surface area contributed by atoms with Gasteiger partial charge in [-0.2, -0.15) is 0 Å². The summed E-state index contributed by atoms with van der Waals surface area (Å²) in [5, 5.41) is 0. The number of ether oxygens (including phenoxy) is 2. The maximum absolute atomic E-state index is 14.0. The van der Waals surface area contributed by atoms with Crippen molar-refractivity contribution in [1.82, 2.24) is 0 Å². The molecule has 3 aliphatic rings. The number of carbonyl (C=O) groups excluding carboxylic acids is 2. The van der Waals surface area contributed by atoms with E-state index in [-0.39, 0.29) is 23.7 Å². The molecule has 41 heavy (non-hydrogen) atoms. The van der Waals surface area contributed by atoms with Crippen molar-refractivity contribution in [3.8, 4) is 22.6 Å². The summed E-state index contributed by atoms with van der Waals surface area (Å²) in [5.74, 6) is 0.202. The van der Waals surface area contributed by atoms with Crippen molar-refractivity contribution in [2.75, 3.05) is 19.1 Å². The third-order valence-electron chi connectivity index (χ3n) is 8.69. The van der Waals surface area contributed by atoms with Crippen molar-refractivity contribution in [3.05, 3.63) is 132 Å². The van der Waals surface area contributed by atoms with E-state index in [2.05, 4.69) is 12.2 Å². The molecular formula is C36H29NO4. The first kappa shape index (κ1) is 25.1. The number of imide groups is 1. The molecule has 0 aromatic heterocycles. The van der Waals surface area contributed by atoms with E-state index < -0.39 is 11.8 Å². The van der Waals surface area contributed by atoms with Crippen LogP contribution in [0.3, 0.4) is 0 Å². The second-order valence-electron chi connectivity index (χ2n) is 10.7. The van der Waals surface area contributed by atoms with Gasteiger partial charge < -0.3 is 9.47 Å². The van der Waals surface area contributed by atoms with Crippen LogP contribution in [-0.2, 0) is 9.59 Å². The molecule has 0 radical (unpaired) electrons. The van der Waals surface area contributed by atoms with Crippen LogP contribution >= 0.6 is 0 Å². The molecular weight excluding hydrogens is 510 g/mol. The summed E-state index contributed by atoms with van der Waals surface area (Å²) in [6, 6.07) is 33.8. The van der Waals surface area contributed by atoms with Crippen LogP contribution in [0.1, 0.15) is 11.1 Å². The van der Waals surface area contributed by atoms with E-state index in [4.69, 9.17) is 9.47 Å². The summed E-state index contributed by atoms with van der Waals surface area (Å²) in [4.78, 5) is 29.3. The molecule has 1 heterocycles. The van der Waals surface area contributed by atoms with Crippen LogP contribution in [0.4, 0.5) is 5.69 Å². The van der Waals surface area contributed by atoms with Gasteiger partial charge in [0.2, 0.25) is 11.8 Å². The topological polar surface area (TPSA) is 55.8 Å². The molecule has 202 valence electrons. The number of anilines is 1. The Morgan fingerprint density at radius 3 is 1.51 bits per heavy atom. The quantitative estimate of drug-likeness (QED) is 0.200. The zero-order chi connectivity index (χ0) is 28.1. The van der Waals surface area contributed by atoms with Crippen LogP contribution < -0.4 is 14.4 Å². The third kappa shape index (κ3) is 4.00. The summed E-state index contributed by atoms with van der Waals surface area (Å²) in [7, 11) is 3.30. The number of methoxy groups -OCH3 is 2. The molecule has 2 aliphatic carbocycles.